The van der Waals surface area contributed by atoms with Crippen molar-refractivity contribution in [3.63, 3.8) is 0 Å². The van der Waals surface area contributed by atoms with Gasteiger partial charge in [0, 0.05) is 23.2 Å². The summed E-state index contributed by atoms with van der Waals surface area (Å²) in [5, 5.41) is 2.94. The van der Waals surface area contributed by atoms with E-state index in [4.69, 9.17) is 11.6 Å². The minimum Gasteiger partial charge on any atom is -0.264 e. The molecule has 17 heavy (non-hydrogen) atoms. The second-order valence-electron chi connectivity index (χ2n) is 4.90. The fourth-order valence-electron chi connectivity index (χ4n) is 2.92. The van der Waals surface area contributed by atoms with E-state index in [2.05, 4.69) is 29.2 Å². The summed E-state index contributed by atoms with van der Waals surface area (Å²) in [5.41, 5.74) is 1.45. The first kappa shape index (κ1) is 11.0. The standard InChI is InChI=1S/C15H16ClN/c16-13-5-1-3-11(9-13)14-6-2-4-12-10-17-8-7-15(12)14/h2,4,6-8,10-11,13H,1,3,5,9H2. The van der Waals surface area contributed by atoms with Crippen molar-refractivity contribution >= 4 is 22.4 Å². The quantitative estimate of drug-likeness (QED) is 0.674. The largest absolute Gasteiger partial charge is 0.264 e. The second kappa shape index (κ2) is 4.66. The van der Waals surface area contributed by atoms with Crippen LogP contribution in [0.4, 0.5) is 0 Å². The number of nitrogens with zero attached hydrogens (tertiary/aromatic N) is 1. The van der Waals surface area contributed by atoms with E-state index in [-0.39, 0.29) is 0 Å². The van der Waals surface area contributed by atoms with Crippen molar-refractivity contribution in [2.75, 3.05) is 0 Å². The monoisotopic (exact) mass is 245 g/mol. The van der Waals surface area contributed by atoms with Crippen LogP contribution < -0.4 is 0 Å². The van der Waals surface area contributed by atoms with Crippen molar-refractivity contribution in [3.05, 3.63) is 42.2 Å². The fraction of sp³-hybridized carbons (Fsp3) is 0.400. The van der Waals surface area contributed by atoms with Crippen LogP contribution in [0.15, 0.2) is 36.7 Å². The molecule has 1 heterocycles. The molecule has 2 unspecified atom stereocenters. The summed E-state index contributed by atoms with van der Waals surface area (Å²) in [7, 11) is 0. The van der Waals surface area contributed by atoms with Gasteiger partial charge in [0.2, 0.25) is 0 Å². The molecule has 0 saturated heterocycles. The van der Waals surface area contributed by atoms with E-state index in [1.165, 1.54) is 35.6 Å². The summed E-state index contributed by atoms with van der Waals surface area (Å²) in [4.78, 5) is 4.19. The molecule has 1 nitrogen and oxygen atoms in total. The zero-order chi connectivity index (χ0) is 11.7. The second-order valence-corrected chi connectivity index (χ2v) is 5.52. The van der Waals surface area contributed by atoms with Crippen LogP contribution in [0.2, 0.25) is 0 Å². The maximum Gasteiger partial charge on any atom is 0.0346 e. The van der Waals surface area contributed by atoms with E-state index in [1.54, 1.807) is 0 Å². The van der Waals surface area contributed by atoms with Crippen molar-refractivity contribution in [1.29, 1.82) is 0 Å². The SMILES string of the molecule is ClC1CCCC(c2cccc3cnccc23)C1. The molecular weight excluding hydrogens is 230 g/mol. The Labute approximate surface area is 107 Å². The minimum atomic E-state index is 0.353. The topological polar surface area (TPSA) is 12.9 Å². The molecule has 2 atom stereocenters. The lowest BCUT2D eigenvalue weighted by Crippen LogP contribution is -2.14. The Morgan fingerprint density at radius 3 is 3.00 bits per heavy atom. The molecule has 0 bridgehead atoms. The number of hydrogen-bond donors (Lipinski definition) is 0. The van der Waals surface area contributed by atoms with Gasteiger partial charge >= 0.3 is 0 Å². The van der Waals surface area contributed by atoms with E-state index in [0.717, 1.165) is 6.42 Å². The number of rotatable bonds is 1. The van der Waals surface area contributed by atoms with Crippen LogP contribution in [-0.2, 0) is 0 Å². The molecule has 1 aliphatic rings. The van der Waals surface area contributed by atoms with Crippen molar-refractivity contribution in [2.24, 2.45) is 0 Å². The Morgan fingerprint density at radius 2 is 2.12 bits per heavy atom. The third-order valence-electron chi connectivity index (χ3n) is 3.76. The molecule has 0 radical (unpaired) electrons. The lowest BCUT2D eigenvalue weighted by molar-refractivity contribution is 0.451. The van der Waals surface area contributed by atoms with Crippen LogP contribution in [0, 0.1) is 0 Å². The normalized spacial score (nSPS) is 25.0. The summed E-state index contributed by atoms with van der Waals surface area (Å²) < 4.78 is 0. The molecule has 1 aliphatic carbocycles. The predicted octanol–water partition coefficient (Wildman–Crippen LogP) is 4.50. The zero-order valence-electron chi connectivity index (χ0n) is 9.77. The number of alkyl halides is 1. The lowest BCUT2D eigenvalue weighted by atomic mass is 9.82. The van der Waals surface area contributed by atoms with Gasteiger partial charge in [-0.1, -0.05) is 24.6 Å². The first-order chi connectivity index (χ1) is 8.34. The summed E-state index contributed by atoms with van der Waals surface area (Å²) in [6, 6.07) is 8.65. The van der Waals surface area contributed by atoms with Crippen molar-refractivity contribution in [1.82, 2.24) is 4.98 Å². The molecule has 0 amide bonds. The average molecular weight is 246 g/mol. The third kappa shape index (κ3) is 2.16. The van der Waals surface area contributed by atoms with Crippen LogP contribution in [0.25, 0.3) is 10.8 Å². The van der Waals surface area contributed by atoms with Crippen LogP contribution >= 0.6 is 11.6 Å². The Morgan fingerprint density at radius 1 is 1.18 bits per heavy atom. The van der Waals surface area contributed by atoms with Gasteiger partial charge in [-0.15, -0.1) is 11.6 Å². The average Bonchev–Trinajstić information content (AvgIpc) is 2.38. The van der Waals surface area contributed by atoms with Crippen LogP contribution in [-0.4, -0.2) is 10.4 Å². The molecule has 2 aromatic rings. The van der Waals surface area contributed by atoms with Crippen LogP contribution in [0.1, 0.15) is 37.2 Å². The van der Waals surface area contributed by atoms with Gasteiger partial charge in [0.05, 0.1) is 0 Å². The van der Waals surface area contributed by atoms with Gasteiger partial charge in [0.1, 0.15) is 0 Å². The van der Waals surface area contributed by atoms with Crippen LogP contribution in [0.3, 0.4) is 0 Å². The van der Waals surface area contributed by atoms with E-state index in [1.807, 2.05) is 12.4 Å². The molecule has 1 aromatic carbocycles. The van der Waals surface area contributed by atoms with Crippen molar-refractivity contribution in [3.8, 4) is 0 Å². The Bertz CT molecular complexity index is 518. The highest BCUT2D eigenvalue weighted by Crippen LogP contribution is 2.37. The molecule has 2 heteroatoms. The Kier molecular flexibility index (Phi) is 3.02. The van der Waals surface area contributed by atoms with Gasteiger partial charge in [-0.05, 0) is 42.2 Å². The third-order valence-corrected chi connectivity index (χ3v) is 4.16. The van der Waals surface area contributed by atoms with Gasteiger partial charge in [0.15, 0.2) is 0 Å². The van der Waals surface area contributed by atoms with Crippen molar-refractivity contribution in [2.45, 2.75) is 37.0 Å². The molecule has 0 aliphatic heterocycles. The lowest BCUT2D eigenvalue weighted by Gasteiger charge is -2.26. The smallest absolute Gasteiger partial charge is 0.0346 e. The fourth-order valence-corrected chi connectivity index (χ4v) is 3.29. The molecule has 1 aromatic heterocycles. The number of aromatic nitrogens is 1. The van der Waals surface area contributed by atoms with Gasteiger partial charge in [0.25, 0.3) is 0 Å². The Hall–Kier alpha value is -1.08. The van der Waals surface area contributed by atoms with Gasteiger partial charge in [-0.3, -0.25) is 4.98 Å². The number of benzene rings is 1. The summed E-state index contributed by atoms with van der Waals surface area (Å²) >= 11 is 6.30. The maximum atomic E-state index is 6.30. The Balaban J connectivity index is 2.04. The van der Waals surface area contributed by atoms with E-state index >= 15 is 0 Å². The van der Waals surface area contributed by atoms with E-state index in [0.29, 0.717) is 11.3 Å². The number of hydrogen-bond acceptors (Lipinski definition) is 1. The first-order valence-electron chi connectivity index (χ1n) is 6.31. The zero-order valence-corrected chi connectivity index (χ0v) is 10.5. The van der Waals surface area contributed by atoms with Gasteiger partial charge in [-0.25, -0.2) is 0 Å². The van der Waals surface area contributed by atoms with Gasteiger partial charge in [-0.2, -0.15) is 0 Å². The van der Waals surface area contributed by atoms with E-state index in [9.17, 15) is 0 Å². The van der Waals surface area contributed by atoms with E-state index < -0.39 is 0 Å². The molecule has 0 spiro atoms. The molecule has 88 valence electrons. The number of halogens is 1. The maximum absolute atomic E-state index is 6.30. The van der Waals surface area contributed by atoms with Crippen molar-refractivity contribution < 1.29 is 0 Å². The highest BCUT2D eigenvalue weighted by molar-refractivity contribution is 6.20. The van der Waals surface area contributed by atoms with Gasteiger partial charge < -0.3 is 0 Å². The summed E-state index contributed by atoms with van der Waals surface area (Å²) in [6.07, 6.45) is 8.63. The summed E-state index contributed by atoms with van der Waals surface area (Å²) in [6.45, 7) is 0. The predicted molar refractivity (Wildman–Crippen MR) is 72.6 cm³/mol. The highest BCUT2D eigenvalue weighted by atomic mass is 35.5. The molecule has 3 rings (SSSR count). The number of fused-ring (bicyclic) bond motifs is 1. The molecule has 1 fully saturated rings. The summed E-state index contributed by atoms with van der Waals surface area (Å²) in [5.74, 6) is 0.623. The number of pyridine rings is 1. The molecular formula is C15H16ClN. The molecule has 1 saturated carbocycles. The van der Waals surface area contributed by atoms with Crippen LogP contribution in [0.5, 0.6) is 0 Å². The minimum absolute atomic E-state index is 0.353. The molecule has 0 N–H and O–H groups in total. The first-order valence-corrected chi connectivity index (χ1v) is 6.75. The highest BCUT2D eigenvalue weighted by Gasteiger charge is 2.22.